The zero-order valence-electron chi connectivity index (χ0n) is 8.18. The van der Waals surface area contributed by atoms with Gasteiger partial charge in [-0.3, -0.25) is 0 Å². The summed E-state index contributed by atoms with van der Waals surface area (Å²) in [6, 6.07) is 0. The molecule has 0 aromatic heterocycles. The summed E-state index contributed by atoms with van der Waals surface area (Å²) in [5.74, 6) is 1.03. The van der Waals surface area contributed by atoms with Crippen LogP contribution in [0, 0.1) is 16.7 Å². The van der Waals surface area contributed by atoms with Crippen LogP contribution in [0.1, 0.15) is 51.4 Å². The molecule has 13 heavy (non-hydrogen) atoms. The summed E-state index contributed by atoms with van der Waals surface area (Å²) >= 11 is 0. The Morgan fingerprint density at radius 1 is 0.846 bits per heavy atom. The molecule has 4 fully saturated rings. The highest BCUT2D eigenvalue weighted by Crippen LogP contribution is 2.83. The van der Waals surface area contributed by atoms with Gasteiger partial charge in [0.25, 0.3) is 0 Å². The van der Waals surface area contributed by atoms with Gasteiger partial charge in [0.1, 0.15) is 0 Å². The van der Waals surface area contributed by atoms with Crippen LogP contribution in [0.5, 0.6) is 0 Å². The first kappa shape index (κ1) is 7.28. The molecule has 0 atom stereocenters. The summed E-state index contributed by atoms with van der Waals surface area (Å²) in [5.41, 5.74) is 0.936. The molecule has 0 amide bonds. The van der Waals surface area contributed by atoms with Crippen LogP contribution in [-0.4, -0.2) is 10.7 Å². The van der Waals surface area contributed by atoms with Crippen molar-refractivity contribution in [1.82, 2.24) is 0 Å². The molecule has 4 rings (SSSR count). The Morgan fingerprint density at radius 2 is 1.46 bits per heavy atom. The summed E-state index contributed by atoms with van der Waals surface area (Å²) in [6.07, 6.45) is 10.7. The van der Waals surface area contributed by atoms with E-state index in [2.05, 4.69) is 0 Å². The van der Waals surface area contributed by atoms with E-state index >= 15 is 0 Å². The molecule has 0 aliphatic heterocycles. The summed E-state index contributed by atoms with van der Waals surface area (Å²) in [5, 5.41) is 10.4. The van der Waals surface area contributed by atoms with E-state index in [9.17, 15) is 5.11 Å². The molecule has 4 saturated carbocycles. The van der Waals surface area contributed by atoms with Crippen molar-refractivity contribution >= 4 is 0 Å². The largest absolute Gasteiger partial charge is 0.389 e. The second-order valence-corrected chi connectivity index (χ2v) is 6.04. The maximum Gasteiger partial charge on any atom is 0.0711 e. The highest BCUT2D eigenvalue weighted by molar-refractivity contribution is 5.28. The topological polar surface area (TPSA) is 20.2 Å². The molecule has 0 aromatic carbocycles. The van der Waals surface area contributed by atoms with Gasteiger partial charge in [-0.05, 0) is 62.7 Å². The lowest BCUT2D eigenvalue weighted by Gasteiger charge is -2.32. The zero-order chi connectivity index (χ0) is 8.73. The van der Waals surface area contributed by atoms with E-state index in [0.29, 0.717) is 10.8 Å². The SMILES string of the molecule is OC1(C2(C3(C4CC4)CC3)CC2)CC1. The summed E-state index contributed by atoms with van der Waals surface area (Å²) < 4.78 is 0. The summed E-state index contributed by atoms with van der Waals surface area (Å²) in [4.78, 5) is 0. The van der Waals surface area contributed by atoms with Gasteiger partial charge >= 0.3 is 0 Å². The average Bonchev–Trinajstić information content (AvgIpc) is 2.79. The first-order chi connectivity index (χ1) is 6.23. The second kappa shape index (κ2) is 1.71. The van der Waals surface area contributed by atoms with Crippen LogP contribution in [0.25, 0.3) is 0 Å². The van der Waals surface area contributed by atoms with Crippen molar-refractivity contribution in [1.29, 1.82) is 0 Å². The molecule has 0 aromatic rings. The van der Waals surface area contributed by atoms with E-state index in [4.69, 9.17) is 0 Å². The summed E-state index contributed by atoms with van der Waals surface area (Å²) in [7, 11) is 0. The molecule has 0 unspecified atom stereocenters. The smallest absolute Gasteiger partial charge is 0.0711 e. The Balaban J connectivity index is 1.72. The fraction of sp³-hybridized carbons (Fsp3) is 1.00. The first-order valence-corrected chi connectivity index (χ1v) is 5.95. The van der Waals surface area contributed by atoms with Crippen LogP contribution in [0.4, 0.5) is 0 Å². The van der Waals surface area contributed by atoms with E-state index < -0.39 is 0 Å². The van der Waals surface area contributed by atoms with Gasteiger partial charge in [0.2, 0.25) is 0 Å². The Labute approximate surface area is 79.5 Å². The minimum absolute atomic E-state index is 0.175. The normalized spacial score (nSPS) is 41.3. The number of rotatable bonds is 3. The van der Waals surface area contributed by atoms with Crippen LogP contribution in [0.15, 0.2) is 0 Å². The number of aliphatic hydroxyl groups is 1. The van der Waals surface area contributed by atoms with Crippen LogP contribution in [0.2, 0.25) is 0 Å². The fourth-order valence-corrected chi connectivity index (χ4v) is 4.20. The van der Waals surface area contributed by atoms with Crippen LogP contribution >= 0.6 is 0 Å². The predicted octanol–water partition coefficient (Wildman–Crippen LogP) is 2.48. The van der Waals surface area contributed by atoms with Crippen LogP contribution in [0.3, 0.4) is 0 Å². The van der Waals surface area contributed by atoms with Gasteiger partial charge in [0.05, 0.1) is 5.60 Å². The van der Waals surface area contributed by atoms with Crippen molar-refractivity contribution in [2.24, 2.45) is 16.7 Å². The maximum atomic E-state index is 10.4. The molecule has 1 nitrogen and oxygen atoms in total. The maximum absolute atomic E-state index is 10.4. The van der Waals surface area contributed by atoms with Crippen molar-refractivity contribution in [2.45, 2.75) is 57.0 Å². The van der Waals surface area contributed by atoms with Crippen LogP contribution in [-0.2, 0) is 0 Å². The third-order valence-electron chi connectivity index (χ3n) is 5.46. The monoisotopic (exact) mass is 178 g/mol. The molecular weight excluding hydrogens is 160 g/mol. The first-order valence-electron chi connectivity index (χ1n) is 5.95. The standard InChI is InChI=1S/C12H18O/c13-12(7-8-12)11(5-6-11)10(3-4-10)9-1-2-9/h9,13H,1-8H2. The minimum atomic E-state index is -0.175. The van der Waals surface area contributed by atoms with Gasteiger partial charge < -0.3 is 5.11 Å². The fourth-order valence-electron chi connectivity index (χ4n) is 4.20. The highest BCUT2D eigenvalue weighted by Gasteiger charge is 2.79. The van der Waals surface area contributed by atoms with E-state index in [-0.39, 0.29) is 5.60 Å². The molecule has 0 radical (unpaired) electrons. The molecular formula is C12H18O. The van der Waals surface area contributed by atoms with E-state index in [1.807, 2.05) is 0 Å². The Bertz CT molecular complexity index is 265. The van der Waals surface area contributed by atoms with Crippen molar-refractivity contribution in [2.75, 3.05) is 0 Å². The molecule has 4 aliphatic carbocycles. The Morgan fingerprint density at radius 3 is 1.77 bits per heavy atom. The highest BCUT2D eigenvalue weighted by atomic mass is 16.3. The Kier molecular flexibility index (Phi) is 0.959. The molecule has 72 valence electrons. The third-order valence-corrected chi connectivity index (χ3v) is 5.46. The lowest BCUT2D eigenvalue weighted by Crippen LogP contribution is -2.34. The Hall–Kier alpha value is -0.0400. The van der Waals surface area contributed by atoms with Crippen molar-refractivity contribution in [3.05, 3.63) is 0 Å². The van der Waals surface area contributed by atoms with Gasteiger partial charge in [-0.15, -0.1) is 0 Å². The van der Waals surface area contributed by atoms with Crippen molar-refractivity contribution in [3.8, 4) is 0 Å². The van der Waals surface area contributed by atoms with Gasteiger partial charge in [-0.2, -0.15) is 0 Å². The molecule has 4 aliphatic rings. The predicted molar refractivity (Wildman–Crippen MR) is 50.2 cm³/mol. The minimum Gasteiger partial charge on any atom is -0.389 e. The van der Waals surface area contributed by atoms with Gasteiger partial charge in [0, 0.05) is 5.41 Å². The van der Waals surface area contributed by atoms with E-state index in [0.717, 1.165) is 18.8 Å². The molecule has 0 saturated heterocycles. The zero-order valence-corrected chi connectivity index (χ0v) is 8.18. The molecule has 1 N–H and O–H groups in total. The van der Waals surface area contributed by atoms with Crippen molar-refractivity contribution < 1.29 is 5.11 Å². The summed E-state index contributed by atoms with van der Waals surface area (Å²) in [6.45, 7) is 0. The third kappa shape index (κ3) is 0.674. The molecule has 0 bridgehead atoms. The lowest BCUT2D eigenvalue weighted by molar-refractivity contribution is 0.0111. The number of hydrogen-bond acceptors (Lipinski definition) is 1. The molecule has 0 heterocycles. The molecule has 1 heteroatoms. The second-order valence-electron chi connectivity index (χ2n) is 6.04. The van der Waals surface area contributed by atoms with Gasteiger partial charge in [0.15, 0.2) is 0 Å². The van der Waals surface area contributed by atoms with Crippen molar-refractivity contribution in [3.63, 3.8) is 0 Å². The quantitative estimate of drug-likeness (QED) is 0.704. The van der Waals surface area contributed by atoms with Gasteiger partial charge in [-0.25, -0.2) is 0 Å². The average molecular weight is 178 g/mol. The lowest BCUT2D eigenvalue weighted by atomic mass is 9.76. The van der Waals surface area contributed by atoms with E-state index in [1.165, 1.54) is 38.5 Å². The molecule has 0 spiro atoms. The van der Waals surface area contributed by atoms with Gasteiger partial charge in [-0.1, -0.05) is 0 Å². The van der Waals surface area contributed by atoms with E-state index in [1.54, 1.807) is 0 Å². The van der Waals surface area contributed by atoms with Crippen LogP contribution < -0.4 is 0 Å². The number of hydrogen-bond donors (Lipinski definition) is 1.